The van der Waals surface area contributed by atoms with Gasteiger partial charge in [-0.3, -0.25) is 4.79 Å². The first-order valence-corrected chi connectivity index (χ1v) is 7.43. The van der Waals surface area contributed by atoms with Crippen molar-refractivity contribution in [1.29, 1.82) is 0 Å². The molecule has 20 heavy (non-hydrogen) atoms. The van der Waals surface area contributed by atoms with Gasteiger partial charge < -0.3 is 15.7 Å². The van der Waals surface area contributed by atoms with Crippen molar-refractivity contribution in [2.45, 2.75) is 39.2 Å². The molecule has 0 spiro atoms. The predicted octanol–water partition coefficient (Wildman–Crippen LogP) is 2.29. The maximum atomic E-state index is 11.2. The van der Waals surface area contributed by atoms with Gasteiger partial charge >= 0.3 is 5.97 Å². The van der Waals surface area contributed by atoms with E-state index < -0.39 is 12.0 Å². The number of fused-ring (bicyclic) bond motifs is 1. The van der Waals surface area contributed by atoms with Crippen LogP contribution in [0.5, 0.6) is 0 Å². The minimum absolute atomic E-state index is 0.150. The number of rotatable bonds is 7. The summed E-state index contributed by atoms with van der Waals surface area (Å²) in [4.78, 5) is 11.2. The van der Waals surface area contributed by atoms with Crippen molar-refractivity contribution in [3.63, 3.8) is 0 Å². The second-order valence-corrected chi connectivity index (χ2v) is 5.57. The number of carbonyl (C=O) groups is 1. The van der Waals surface area contributed by atoms with E-state index >= 15 is 0 Å². The molecule has 0 radical (unpaired) electrons. The summed E-state index contributed by atoms with van der Waals surface area (Å²) in [7, 11) is 0. The summed E-state index contributed by atoms with van der Waals surface area (Å²) in [5.41, 5.74) is 3.89. The summed E-state index contributed by atoms with van der Waals surface area (Å²) in [6.45, 7) is 5.72. The van der Waals surface area contributed by atoms with Crippen LogP contribution in [-0.2, 0) is 17.6 Å². The van der Waals surface area contributed by atoms with Crippen LogP contribution in [0.1, 0.15) is 31.4 Å². The van der Waals surface area contributed by atoms with Crippen LogP contribution in [0.25, 0.3) is 0 Å². The molecular formula is C16H24N2O2. The second-order valence-electron chi connectivity index (χ2n) is 5.57. The smallest absolute Gasteiger partial charge is 0.320 e. The molecule has 110 valence electrons. The number of hydrogen-bond acceptors (Lipinski definition) is 3. The number of benzene rings is 1. The molecule has 3 N–H and O–H groups in total. The Morgan fingerprint density at radius 2 is 2.30 bits per heavy atom. The summed E-state index contributed by atoms with van der Waals surface area (Å²) < 4.78 is 0. The van der Waals surface area contributed by atoms with Gasteiger partial charge in [0.15, 0.2) is 0 Å². The van der Waals surface area contributed by atoms with Gasteiger partial charge in [-0.05, 0) is 42.5 Å². The van der Waals surface area contributed by atoms with Crippen molar-refractivity contribution in [3.8, 4) is 0 Å². The summed E-state index contributed by atoms with van der Waals surface area (Å²) in [6, 6.07) is 6.03. The number of anilines is 1. The maximum absolute atomic E-state index is 11.2. The molecule has 4 nitrogen and oxygen atoms in total. The van der Waals surface area contributed by atoms with Crippen LogP contribution < -0.4 is 10.6 Å². The molecule has 0 fully saturated rings. The Balaban J connectivity index is 1.87. The van der Waals surface area contributed by atoms with Gasteiger partial charge in [0, 0.05) is 12.2 Å². The molecule has 0 amide bonds. The number of carboxylic acids is 1. The number of carboxylic acid groups (broad SMARTS) is 1. The van der Waals surface area contributed by atoms with Gasteiger partial charge in [-0.2, -0.15) is 0 Å². The fraction of sp³-hybridized carbons (Fsp3) is 0.562. The lowest BCUT2D eigenvalue weighted by Gasteiger charge is -2.20. The molecule has 2 atom stereocenters. The largest absolute Gasteiger partial charge is 0.480 e. The molecule has 1 aliphatic heterocycles. The van der Waals surface area contributed by atoms with Gasteiger partial charge in [0.25, 0.3) is 0 Å². The van der Waals surface area contributed by atoms with E-state index in [-0.39, 0.29) is 5.92 Å². The standard InChI is InChI=1S/C16H24N2O2/c1-3-11(2)15(16(19)20)18-8-6-12-4-5-14-13(10-12)7-9-17-14/h4-5,10-11,15,17-18H,3,6-9H2,1-2H3,(H,19,20). The number of hydrogen-bond donors (Lipinski definition) is 3. The summed E-state index contributed by atoms with van der Waals surface area (Å²) in [5, 5.41) is 15.7. The average molecular weight is 276 g/mol. The van der Waals surface area contributed by atoms with Crippen LogP contribution in [0.15, 0.2) is 18.2 Å². The zero-order valence-electron chi connectivity index (χ0n) is 12.3. The highest BCUT2D eigenvalue weighted by molar-refractivity contribution is 5.73. The third-order valence-corrected chi connectivity index (χ3v) is 4.14. The van der Waals surface area contributed by atoms with Crippen LogP contribution in [0, 0.1) is 5.92 Å². The Kier molecular flexibility index (Phi) is 5.01. The van der Waals surface area contributed by atoms with E-state index in [2.05, 4.69) is 28.8 Å². The molecule has 1 aliphatic rings. The van der Waals surface area contributed by atoms with Crippen LogP contribution in [0.4, 0.5) is 5.69 Å². The quantitative estimate of drug-likeness (QED) is 0.715. The van der Waals surface area contributed by atoms with Crippen molar-refractivity contribution in [2.75, 3.05) is 18.4 Å². The average Bonchev–Trinajstić information content (AvgIpc) is 2.89. The minimum Gasteiger partial charge on any atom is -0.480 e. The second kappa shape index (κ2) is 6.75. The van der Waals surface area contributed by atoms with Crippen molar-refractivity contribution >= 4 is 11.7 Å². The molecule has 2 unspecified atom stereocenters. The first-order chi connectivity index (χ1) is 9.61. The van der Waals surface area contributed by atoms with Crippen molar-refractivity contribution < 1.29 is 9.90 Å². The Hall–Kier alpha value is -1.55. The highest BCUT2D eigenvalue weighted by atomic mass is 16.4. The van der Waals surface area contributed by atoms with Crippen LogP contribution in [0.2, 0.25) is 0 Å². The molecule has 0 aromatic heterocycles. The molecule has 0 bridgehead atoms. The summed E-state index contributed by atoms with van der Waals surface area (Å²) in [5.74, 6) is -0.603. The number of aliphatic carboxylic acids is 1. The molecule has 0 saturated heterocycles. The topological polar surface area (TPSA) is 61.4 Å². The molecule has 1 heterocycles. The first-order valence-electron chi connectivity index (χ1n) is 7.43. The lowest BCUT2D eigenvalue weighted by atomic mass is 9.99. The first kappa shape index (κ1) is 14.9. The van der Waals surface area contributed by atoms with Crippen LogP contribution >= 0.6 is 0 Å². The SMILES string of the molecule is CCC(C)C(NCCc1ccc2c(c1)CCN2)C(=O)O. The van der Waals surface area contributed by atoms with Gasteiger partial charge in [-0.25, -0.2) is 0 Å². The van der Waals surface area contributed by atoms with E-state index in [1.54, 1.807) is 0 Å². The van der Waals surface area contributed by atoms with Gasteiger partial charge in [-0.15, -0.1) is 0 Å². The third kappa shape index (κ3) is 3.51. The van der Waals surface area contributed by atoms with Gasteiger partial charge in [0.1, 0.15) is 6.04 Å². The fourth-order valence-electron chi connectivity index (χ4n) is 2.65. The number of nitrogens with one attached hydrogen (secondary N) is 2. The van der Waals surface area contributed by atoms with Gasteiger partial charge in [0.05, 0.1) is 0 Å². The lowest BCUT2D eigenvalue weighted by molar-refractivity contribution is -0.140. The van der Waals surface area contributed by atoms with E-state index in [0.29, 0.717) is 6.54 Å². The molecular weight excluding hydrogens is 252 g/mol. The van der Waals surface area contributed by atoms with Crippen molar-refractivity contribution in [3.05, 3.63) is 29.3 Å². The monoisotopic (exact) mass is 276 g/mol. The Morgan fingerprint density at radius 3 is 3.00 bits per heavy atom. The predicted molar refractivity (Wildman–Crippen MR) is 81.2 cm³/mol. The Morgan fingerprint density at radius 1 is 1.50 bits per heavy atom. The molecule has 0 saturated carbocycles. The minimum atomic E-state index is -0.752. The van der Waals surface area contributed by atoms with E-state index in [0.717, 1.165) is 25.8 Å². The summed E-state index contributed by atoms with van der Waals surface area (Å²) >= 11 is 0. The maximum Gasteiger partial charge on any atom is 0.320 e. The Labute approximate surface area is 120 Å². The fourth-order valence-corrected chi connectivity index (χ4v) is 2.65. The zero-order chi connectivity index (χ0) is 14.5. The molecule has 4 heteroatoms. The van der Waals surface area contributed by atoms with E-state index in [1.165, 1.54) is 16.8 Å². The van der Waals surface area contributed by atoms with Crippen LogP contribution in [0.3, 0.4) is 0 Å². The van der Waals surface area contributed by atoms with E-state index in [4.69, 9.17) is 0 Å². The lowest BCUT2D eigenvalue weighted by Crippen LogP contribution is -2.42. The third-order valence-electron chi connectivity index (χ3n) is 4.14. The zero-order valence-corrected chi connectivity index (χ0v) is 12.3. The van der Waals surface area contributed by atoms with E-state index in [9.17, 15) is 9.90 Å². The highest BCUT2D eigenvalue weighted by Crippen LogP contribution is 2.23. The van der Waals surface area contributed by atoms with E-state index in [1.807, 2.05) is 13.8 Å². The van der Waals surface area contributed by atoms with Crippen molar-refractivity contribution in [1.82, 2.24) is 5.32 Å². The summed E-state index contributed by atoms with van der Waals surface area (Å²) in [6.07, 6.45) is 2.82. The normalized spacial score (nSPS) is 16.3. The van der Waals surface area contributed by atoms with Gasteiger partial charge in [-0.1, -0.05) is 32.4 Å². The Bertz CT molecular complexity index is 474. The molecule has 1 aromatic carbocycles. The molecule has 1 aromatic rings. The molecule has 0 aliphatic carbocycles. The van der Waals surface area contributed by atoms with Crippen molar-refractivity contribution in [2.24, 2.45) is 5.92 Å². The van der Waals surface area contributed by atoms with Crippen LogP contribution in [-0.4, -0.2) is 30.2 Å². The molecule has 2 rings (SSSR count). The highest BCUT2D eigenvalue weighted by Gasteiger charge is 2.22. The van der Waals surface area contributed by atoms with Gasteiger partial charge in [0.2, 0.25) is 0 Å².